The molecule has 1 fully saturated rings. The molecule has 2 aromatic rings. The van der Waals surface area contributed by atoms with Crippen LogP contribution in [0.15, 0.2) is 41.8 Å². The number of hydrogen-bond donors (Lipinski definition) is 2. The summed E-state index contributed by atoms with van der Waals surface area (Å²) in [4.78, 5) is 13.8. The van der Waals surface area contributed by atoms with E-state index in [0.717, 1.165) is 24.5 Å². The van der Waals surface area contributed by atoms with Gasteiger partial charge in [-0.1, -0.05) is 30.3 Å². The predicted molar refractivity (Wildman–Crippen MR) is 104 cm³/mol. The molecule has 128 valence electrons. The van der Waals surface area contributed by atoms with Gasteiger partial charge >= 0.3 is 0 Å². The fourth-order valence-corrected chi connectivity index (χ4v) is 4.96. The molecule has 1 aromatic heterocycles. The van der Waals surface area contributed by atoms with Crippen LogP contribution in [0.1, 0.15) is 28.5 Å². The van der Waals surface area contributed by atoms with Gasteiger partial charge in [-0.15, -0.1) is 11.3 Å². The first-order valence-electron chi connectivity index (χ1n) is 8.41. The molecule has 0 radical (unpaired) electrons. The summed E-state index contributed by atoms with van der Waals surface area (Å²) in [5, 5.41) is 8.82. The van der Waals surface area contributed by atoms with Crippen molar-refractivity contribution < 1.29 is 4.79 Å². The van der Waals surface area contributed by atoms with E-state index in [-0.39, 0.29) is 11.9 Å². The lowest BCUT2D eigenvalue weighted by Crippen LogP contribution is -2.42. The van der Waals surface area contributed by atoms with E-state index in [0.29, 0.717) is 12.5 Å². The highest BCUT2D eigenvalue weighted by molar-refractivity contribution is 7.99. The van der Waals surface area contributed by atoms with Gasteiger partial charge in [0.25, 0.3) is 0 Å². The number of hydrogen-bond acceptors (Lipinski definition) is 4. The number of amides is 1. The summed E-state index contributed by atoms with van der Waals surface area (Å²) >= 11 is 3.66. The summed E-state index contributed by atoms with van der Waals surface area (Å²) in [7, 11) is 0. The van der Waals surface area contributed by atoms with Gasteiger partial charge in [-0.3, -0.25) is 4.79 Å². The molecule has 3 rings (SSSR count). The monoisotopic (exact) mass is 360 g/mol. The third kappa shape index (κ3) is 4.85. The highest BCUT2D eigenvalue weighted by Gasteiger charge is 2.21. The maximum absolute atomic E-state index is 12.6. The molecule has 1 aliphatic heterocycles. The minimum atomic E-state index is 0.0520. The third-order valence-corrected chi connectivity index (χ3v) is 6.53. The first-order chi connectivity index (χ1) is 11.7. The second kappa shape index (κ2) is 8.70. The van der Waals surface area contributed by atoms with Crippen LogP contribution >= 0.6 is 23.1 Å². The summed E-state index contributed by atoms with van der Waals surface area (Å²) in [6.45, 7) is 3.12. The summed E-state index contributed by atoms with van der Waals surface area (Å²) in [5.41, 5.74) is 2.51. The number of nitrogens with one attached hydrogen (secondary N) is 2. The van der Waals surface area contributed by atoms with E-state index in [1.165, 1.54) is 16.0 Å². The maximum atomic E-state index is 12.6. The van der Waals surface area contributed by atoms with E-state index in [9.17, 15) is 4.79 Å². The van der Waals surface area contributed by atoms with E-state index in [4.69, 9.17) is 0 Å². The molecule has 1 aromatic carbocycles. The minimum Gasteiger partial charge on any atom is -0.348 e. The molecule has 2 atom stereocenters. The van der Waals surface area contributed by atoms with E-state index in [1.807, 2.05) is 17.8 Å². The molecule has 24 heavy (non-hydrogen) atoms. The number of aryl methyl sites for hydroxylation is 1. The molecular formula is C19H24N2OS2. The van der Waals surface area contributed by atoms with Crippen LogP contribution in [0.25, 0.3) is 0 Å². The van der Waals surface area contributed by atoms with Gasteiger partial charge in [-0.2, -0.15) is 11.8 Å². The van der Waals surface area contributed by atoms with Gasteiger partial charge in [-0.05, 0) is 35.9 Å². The van der Waals surface area contributed by atoms with Crippen LogP contribution in [0.2, 0.25) is 0 Å². The molecule has 1 saturated heterocycles. The number of carbonyl (C=O) groups excluding carboxylic acids is 1. The molecular weight excluding hydrogens is 336 g/mol. The molecule has 0 spiro atoms. The Balaban J connectivity index is 1.67. The number of thioether (sulfide) groups is 1. The van der Waals surface area contributed by atoms with E-state index < -0.39 is 0 Å². The molecule has 3 nitrogen and oxygen atoms in total. The first-order valence-corrected chi connectivity index (χ1v) is 10.4. The highest BCUT2D eigenvalue weighted by Crippen LogP contribution is 2.27. The topological polar surface area (TPSA) is 41.1 Å². The molecule has 2 N–H and O–H groups in total. The van der Waals surface area contributed by atoms with Crippen LogP contribution in [0, 0.1) is 6.92 Å². The molecule has 0 aliphatic carbocycles. The summed E-state index contributed by atoms with van der Waals surface area (Å²) < 4.78 is 0. The Kier molecular flexibility index (Phi) is 6.35. The minimum absolute atomic E-state index is 0.0520. The highest BCUT2D eigenvalue weighted by atomic mass is 32.2. The number of rotatable bonds is 6. The molecule has 5 heteroatoms. The third-order valence-electron chi connectivity index (χ3n) is 4.27. The van der Waals surface area contributed by atoms with Crippen molar-refractivity contribution in [3.63, 3.8) is 0 Å². The van der Waals surface area contributed by atoms with Crippen LogP contribution in [0.3, 0.4) is 0 Å². The Morgan fingerprint density at radius 1 is 1.33 bits per heavy atom. The molecule has 0 saturated carbocycles. The Morgan fingerprint density at radius 3 is 2.83 bits per heavy atom. The fraction of sp³-hybridized carbons (Fsp3) is 0.421. The lowest BCUT2D eigenvalue weighted by molar-refractivity contribution is -0.122. The first kappa shape index (κ1) is 17.5. The number of thiophene rings is 1. The SMILES string of the molecule is Cc1ccsc1C(Cc1ccccc1)NC(=O)CC1CSCCN1. The van der Waals surface area contributed by atoms with Gasteiger partial charge in [0.15, 0.2) is 0 Å². The average molecular weight is 361 g/mol. The largest absolute Gasteiger partial charge is 0.348 e. The van der Waals surface area contributed by atoms with Gasteiger partial charge in [0, 0.05) is 35.4 Å². The van der Waals surface area contributed by atoms with Gasteiger partial charge in [-0.25, -0.2) is 0 Å². The van der Waals surface area contributed by atoms with Crippen molar-refractivity contribution in [3.05, 3.63) is 57.8 Å². The van der Waals surface area contributed by atoms with Crippen molar-refractivity contribution in [3.8, 4) is 0 Å². The summed E-state index contributed by atoms with van der Waals surface area (Å²) in [5.74, 6) is 2.31. The quantitative estimate of drug-likeness (QED) is 0.828. The predicted octanol–water partition coefficient (Wildman–Crippen LogP) is 3.55. The van der Waals surface area contributed by atoms with Crippen molar-refractivity contribution in [2.24, 2.45) is 0 Å². The Bertz CT molecular complexity index is 650. The molecule has 2 unspecified atom stereocenters. The van der Waals surface area contributed by atoms with Crippen molar-refractivity contribution in [1.29, 1.82) is 0 Å². The standard InChI is InChI=1S/C19H24N2OS2/c1-14-7-9-24-19(14)17(11-15-5-3-2-4-6-15)21-18(22)12-16-13-23-10-8-20-16/h2-7,9,16-17,20H,8,10-13H2,1H3,(H,21,22). The smallest absolute Gasteiger partial charge is 0.222 e. The second-order valence-corrected chi connectivity index (χ2v) is 8.31. The zero-order valence-corrected chi connectivity index (χ0v) is 15.6. The second-order valence-electron chi connectivity index (χ2n) is 6.21. The van der Waals surface area contributed by atoms with E-state index in [2.05, 4.69) is 53.3 Å². The van der Waals surface area contributed by atoms with Gasteiger partial charge in [0.05, 0.1) is 6.04 Å². The van der Waals surface area contributed by atoms with Crippen LogP contribution < -0.4 is 10.6 Å². The zero-order valence-electron chi connectivity index (χ0n) is 14.0. The summed E-state index contributed by atoms with van der Waals surface area (Å²) in [6.07, 6.45) is 1.39. The van der Waals surface area contributed by atoms with Crippen molar-refractivity contribution in [1.82, 2.24) is 10.6 Å². The van der Waals surface area contributed by atoms with Crippen LogP contribution in [-0.2, 0) is 11.2 Å². The van der Waals surface area contributed by atoms with Crippen LogP contribution in [0.5, 0.6) is 0 Å². The van der Waals surface area contributed by atoms with Crippen molar-refractivity contribution >= 4 is 29.0 Å². The fourth-order valence-electron chi connectivity index (χ4n) is 3.03. The maximum Gasteiger partial charge on any atom is 0.222 e. The molecule has 1 aliphatic rings. The van der Waals surface area contributed by atoms with Gasteiger partial charge in [0.1, 0.15) is 0 Å². The Morgan fingerprint density at radius 2 is 2.17 bits per heavy atom. The Hall–Kier alpha value is -1.30. The zero-order chi connectivity index (χ0) is 16.8. The lowest BCUT2D eigenvalue weighted by atomic mass is 10.0. The molecule has 1 amide bonds. The normalized spacial score (nSPS) is 19.0. The van der Waals surface area contributed by atoms with Crippen LogP contribution in [0.4, 0.5) is 0 Å². The van der Waals surface area contributed by atoms with Crippen molar-refractivity contribution in [2.75, 3.05) is 18.1 Å². The number of carbonyl (C=O) groups is 1. The van der Waals surface area contributed by atoms with Crippen LogP contribution in [-0.4, -0.2) is 30.0 Å². The van der Waals surface area contributed by atoms with Crippen molar-refractivity contribution in [2.45, 2.75) is 31.8 Å². The van der Waals surface area contributed by atoms with Gasteiger partial charge < -0.3 is 10.6 Å². The van der Waals surface area contributed by atoms with E-state index >= 15 is 0 Å². The lowest BCUT2D eigenvalue weighted by Gasteiger charge is -2.24. The number of benzene rings is 1. The molecule has 2 heterocycles. The Labute approximate surface area is 152 Å². The van der Waals surface area contributed by atoms with Gasteiger partial charge in [0.2, 0.25) is 5.91 Å². The molecule has 0 bridgehead atoms. The summed E-state index contributed by atoms with van der Waals surface area (Å²) in [6, 6.07) is 12.9. The van der Waals surface area contributed by atoms with E-state index in [1.54, 1.807) is 11.3 Å². The average Bonchev–Trinajstić information content (AvgIpc) is 3.02.